The Bertz CT molecular complexity index is 378. The lowest BCUT2D eigenvalue weighted by atomic mass is 10.0. The Labute approximate surface area is 109 Å². The Hall–Kier alpha value is -0.730. The van der Waals surface area contributed by atoms with E-state index in [1.54, 1.807) is 0 Å². The van der Waals surface area contributed by atoms with Gasteiger partial charge >= 0.3 is 0 Å². The second-order valence-electron chi connectivity index (χ2n) is 5.03. The van der Waals surface area contributed by atoms with Gasteiger partial charge in [-0.3, -0.25) is 4.90 Å². The summed E-state index contributed by atoms with van der Waals surface area (Å²) in [7, 11) is 0. The van der Waals surface area contributed by atoms with Crippen LogP contribution in [0.1, 0.15) is 31.7 Å². The quantitative estimate of drug-likeness (QED) is 0.831. The summed E-state index contributed by atoms with van der Waals surface area (Å²) in [4.78, 5) is 2.52. The molecule has 1 unspecified atom stereocenters. The van der Waals surface area contributed by atoms with E-state index in [4.69, 9.17) is 17.3 Å². The van der Waals surface area contributed by atoms with Gasteiger partial charge in [0, 0.05) is 13.1 Å². The standard InChI is InChI=1S/C14H21ClN2/c1-2-3-11-6-7-17(9-11)10-12-4-5-14(16)13(15)8-12/h4-5,8,11H,2-3,6-7,9-10,16H2,1H3. The summed E-state index contributed by atoms with van der Waals surface area (Å²) in [6.45, 7) is 5.71. The van der Waals surface area contributed by atoms with E-state index in [-0.39, 0.29) is 0 Å². The molecule has 0 saturated carbocycles. The molecule has 0 radical (unpaired) electrons. The largest absolute Gasteiger partial charge is 0.398 e. The van der Waals surface area contributed by atoms with Gasteiger partial charge in [-0.25, -0.2) is 0 Å². The molecule has 2 nitrogen and oxygen atoms in total. The first kappa shape index (κ1) is 12.7. The van der Waals surface area contributed by atoms with Crippen LogP contribution < -0.4 is 5.73 Å². The maximum atomic E-state index is 6.03. The monoisotopic (exact) mass is 252 g/mol. The van der Waals surface area contributed by atoms with Gasteiger partial charge in [-0.2, -0.15) is 0 Å². The van der Waals surface area contributed by atoms with Crippen molar-refractivity contribution >= 4 is 17.3 Å². The molecular formula is C14H21ClN2. The highest BCUT2D eigenvalue weighted by molar-refractivity contribution is 6.33. The minimum atomic E-state index is 0.667. The zero-order valence-corrected chi connectivity index (χ0v) is 11.2. The summed E-state index contributed by atoms with van der Waals surface area (Å²) in [5.41, 5.74) is 7.65. The molecule has 1 aliphatic heterocycles. The van der Waals surface area contributed by atoms with Crippen molar-refractivity contribution < 1.29 is 0 Å². The van der Waals surface area contributed by atoms with Gasteiger partial charge < -0.3 is 5.73 Å². The van der Waals surface area contributed by atoms with Gasteiger partial charge in [0.2, 0.25) is 0 Å². The lowest BCUT2D eigenvalue weighted by Crippen LogP contribution is -2.20. The molecule has 1 heterocycles. The Morgan fingerprint density at radius 2 is 2.29 bits per heavy atom. The average molecular weight is 253 g/mol. The molecule has 1 saturated heterocycles. The second-order valence-corrected chi connectivity index (χ2v) is 5.44. The first-order valence-electron chi connectivity index (χ1n) is 6.45. The molecule has 94 valence electrons. The molecule has 2 rings (SSSR count). The van der Waals surface area contributed by atoms with Crippen molar-refractivity contribution in [3.8, 4) is 0 Å². The smallest absolute Gasteiger partial charge is 0.0638 e. The number of hydrogen-bond acceptors (Lipinski definition) is 2. The van der Waals surface area contributed by atoms with E-state index >= 15 is 0 Å². The van der Waals surface area contributed by atoms with E-state index in [2.05, 4.69) is 17.9 Å². The van der Waals surface area contributed by atoms with Gasteiger partial charge in [0.25, 0.3) is 0 Å². The molecule has 1 aromatic rings. The minimum Gasteiger partial charge on any atom is -0.398 e. The summed E-state index contributed by atoms with van der Waals surface area (Å²) in [6.07, 6.45) is 4.00. The number of rotatable bonds is 4. The number of nitrogens with zero attached hydrogens (tertiary/aromatic N) is 1. The van der Waals surface area contributed by atoms with Crippen LogP contribution in [0, 0.1) is 5.92 Å². The highest BCUT2D eigenvalue weighted by Crippen LogP contribution is 2.25. The van der Waals surface area contributed by atoms with Gasteiger partial charge in [-0.15, -0.1) is 0 Å². The molecule has 1 aliphatic rings. The van der Waals surface area contributed by atoms with E-state index < -0.39 is 0 Å². The summed E-state index contributed by atoms with van der Waals surface area (Å²) in [5.74, 6) is 0.893. The second kappa shape index (κ2) is 5.74. The van der Waals surface area contributed by atoms with E-state index in [0.717, 1.165) is 12.5 Å². The maximum Gasteiger partial charge on any atom is 0.0638 e. The number of anilines is 1. The Morgan fingerprint density at radius 3 is 3.00 bits per heavy atom. The molecule has 2 N–H and O–H groups in total. The number of hydrogen-bond donors (Lipinski definition) is 1. The highest BCUT2D eigenvalue weighted by Gasteiger charge is 2.21. The predicted octanol–water partition coefficient (Wildman–Crippen LogP) is 3.54. The third-order valence-electron chi connectivity index (χ3n) is 3.54. The first-order chi connectivity index (χ1) is 8.19. The molecule has 0 bridgehead atoms. The Balaban J connectivity index is 1.91. The van der Waals surface area contributed by atoms with Crippen molar-refractivity contribution in [3.05, 3.63) is 28.8 Å². The van der Waals surface area contributed by atoms with Crippen molar-refractivity contribution in [1.29, 1.82) is 0 Å². The summed E-state index contributed by atoms with van der Waals surface area (Å²) in [6, 6.07) is 5.97. The fraction of sp³-hybridized carbons (Fsp3) is 0.571. The zero-order valence-electron chi connectivity index (χ0n) is 10.5. The topological polar surface area (TPSA) is 29.3 Å². The molecule has 3 heteroatoms. The summed E-state index contributed by atoms with van der Waals surface area (Å²) >= 11 is 6.03. The number of halogens is 1. The molecule has 0 aliphatic carbocycles. The van der Waals surface area contributed by atoms with Crippen LogP contribution in [0.3, 0.4) is 0 Å². The fourth-order valence-corrected chi connectivity index (χ4v) is 2.83. The van der Waals surface area contributed by atoms with Crippen molar-refractivity contribution in [2.24, 2.45) is 5.92 Å². The lowest BCUT2D eigenvalue weighted by molar-refractivity contribution is 0.313. The third kappa shape index (κ3) is 3.36. The summed E-state index contributed by atoms with van der Waals surface area (Å²) in [5, 5.41) is 0.673. The third-order valence-corrected chi connectivity index (χ3v) is 3.87. The molecule has 17 heavy (non-hydrogen) atoms. The van der Waals surface area contributed by atoms with Crippen molar-refractivity contribution in [2.45, 2.75) is 32.7 Å². The van der Waals surface area contributed by atoms with Gasteiger partial charge in [0.1, 0.15) is 0 Å². The SMILES string of the molecule is CCCC1CCN(Cc2ccc(N)c(Cl)c2)C1. The Morgan fingerprint density at radius 1 is 1.47 bits per heavy atom. The molecular weight excluding hydrogens is 232 g/mol. The predicted molar refractivity (Wildman–Crippen MR) is 74.2 cm³/mol. The molecule has 0 spiro atoms. The van der Waals surface area contributed by atoms with Gasteiger partial charge in [-0.05, 0) is 43.0 Å². The molecule has 1 fully saturated rings. The van der Waals surface area contributed by atoms with E-state index in [9.17, 15) is 0 Å². The van der Waals surface area contributed by atoms with Crippen LogP contribution >= 0.6 is 11.6 Å². The average Bonchev–Trinajstić information content (AvgIpc) is 2.72. The number of benzene rings is 1. The van der Waals surface area contributed by atoms with Crippen molar-refractivity contribution in [1.82, 2.24) is 4.90 Å². The number of nitrogens with two attached hydrogens (primary N) is 1. The maximum absolute atomic E-state index is 6.03. The van der Waals surface area contributed by atoms with Gasteiger partial charge in [-0.1, -0.05) is 31.0 Å². The van der Waals surface area contributed by atoms with Crippen molar-refractivity contribution in [3.63, 3.8) is 0 Å². The number of likely N-dealkylation sites (tertiary alicyclic amines) is 1. The van der Waals surface area contributed by atoms with Crippen LogP contribution in [0.15, 0.2) is 18.2 Å². The van der Waals surface area contributed by atoms with Crippen LogP contribution in [0.5, 0.6) is 0 Å². The van der Waals surface area contributed by atoms with E-state index in [0.29, 0.717) is 10.7 Å². The first-order valence-corrected chi connectivity index (χ1v) is 6.83. The van der Waals surface area contributed by atoms with Crippen molar-refractivity contribution in [2.75, 3.05) is 18.8 Å². The zero-order chi connectivity index (χ0) is 12.3. The van der Waals surface area contributed by atoms with E-state index in [1.807, 2.05) is 12.1 Å². The summed E-state index contributed by atoms with van der Waals surface area (Å²) < 4.78 is 0. The van der Waals surface area contributed by atoms with Crippen LogP contribution in [0.2, 0.25) is 5.02 Å². The lowest BCUT2D eigenvalue weighted by Gasteiger charge is -2.16. The molecule has 1 aromatic carbocycles. The molecule has 1 atom stereocenters. The highest BCUT2D eigenvalue weighted by atomic mass is 35.5. The number of nitrogen functional groups attached to an aromatic ring is 1. The minimum absolute atomic E-state index is 0.667. The Kier molecular flexibility index (Phi) is 4.30. The van der Waals surface area contributed by atoms with Gasteiger partial charge in [0.15, 0.2) is 0 Å². The van der Waals surface area contributed by atoms with Crippen LogP contribution in [0.25, 0.3) is 0 Å². The normalized spacial score (nSPS) is 20.9. The van der Waals surface area contributed by atoms with Crippen LogP contribution in [-0.2, 0) is 6.54 Å². The molecule has 0 aromatic heterocycles. The fourth-order valence-electron chi connectivity index (χ4n) is 2.63. The molecule has 0 amide bonds. The van der Waals surface area contributed by atoms with Crippen LogP contribution in [-0.4, -0.2) is 18.0 Å². The van der Waals surface area contributed by atoms with Gasteiger partial charge in [0.05, 0.1) is 10.7 Å². The van der Waals surface area contributed by atoms with E-state index in [1.165, 1.54) is 37.9 Å². The van der Waals surface area contributed by atoms with Crippen LogP contribution in [0.4, 0.5) is 5.69 Å².